The third-order valence-corrected chi connectivity index (χ3v) is 3.64. The standard InChI is InChI=1S/C13H13ClN6O/c1-6-3-16-8(7(2)10(6)21)4-20-5-17-9-11(14)18-13(15)19-12(9)20/h3,5H,4H2,1-2H3,(H,16,21)(H2,15,18,19). The van der Waals surface area contributed by atoms with Crippen LogP contribution in [0.4, 0.5) is 5.95 Å². The Morgan fingerprint density at radius 1 is 1.38 bits per heavy atom. The molecule has 0 aliphatic carbocycles. The van der Waals surface area contributed by atoms with Gasteiger partial charge in [-0.25, -0.2) is 4.98 Å². The van der Waals surface area contributed by atoms with Gasteiger partial charge in [0, 0.05) is 23.0 Å². The number of aryl methyl sites for hydroxylation is 1. The number of H-pyrrole nitrogens is 1. The smallest absolute Gasteiger partial charge is 0.223 e. The first kappa shape index (κ1) is 13.6. The molecule has 0 bridgehead atoms. The van der Waals surface area contributed by atoms with Crippen molar-refractivity contribution in [1.82, 2.24) is 24.5 Å². The maximum Gasteiger partial charge on any atom is 0.223 e. The summed E-state index contributed by atoms with van der Waals surface area (Å²) in [4.78, 5) is 27.3. The summed E-state index contributed by atoms with van der Waals surface area (Å²) >= 11 is 5.99. The van der Waals surface area contributed by atoms with E-state index in [0.717, 1.165) is 5.69 Å². The summed E-state index contributed by atoms with van der Waals surface area (Å²) in [6, 6.07) is 0. The minimum Gasteiger partial charge on any atom is -0.368 e. The molecule has 0 radical (unpaired) electrons. The van der Waals surface area contributed by atoms with Gasteiger partial charge in [0.1, 0.15) is 5.52 Å². The number of nitrogens with zero attached hydrogens (tertiary/aromatic N) is 4. The first-order chi connectivity index (χ1) is 9.97. The highest BCUT2D eigenvalue weighted by molar-refractivity contribution is 6.33. The van der Waals surface area contributed by atoms with Crippen molar-refractivity contribution in [3.05, 3.63) is 44.7 Å². The minimum absolute atomic E-state index is 0.0281. The highest BCUT2D eigenvalue weighted by atomic mass is 35.5. The molecule has 108 valence electrons. The van der Waals surface area contributed by atoms with Crippen LogP contribution in [0.1, 0.15) is 16.8 Å². The number of hydrogen-bond acceptors (Lipinski definition) is 5. The van der Waals surface area contributed by atoms with E-state index in [1.807, 2.05) is 0 Å². The van der Waals surface area contributed by atoms with Crippen LogP contribution in [0.25, 0.3) is 11.2 Å². The third kappa shape index (κ3) is 2.25. The second kappa shape index (κ2) is 4.85. The molecule has 0 aliphatic heterocycles. The number of fused-ring (bicyclic) bond motifs is 1. The Morgan fingerprint density at radius 2 is 2.14 bits per heavy atom. The molecule has 3 aromatic rings. The number of halogens is 1. The zero-order chi connectivity index (χ0) is 15.1. The van der Waals surface area contributed by atoms with Crippen molar-refractivity contribution in [2.45, 2.75) is 20.4 Å². The molecule has 3 rings (SSSR count). The van der Waals surface area contributed by atoms with E-state index in [-0.39, 0.29) is 16.5 Å². The molecule has 0 aliphatic rings. The van der Waals surface area contributed by atoms with E-state index in [1.54, 1.807) is 30.9 Å². The zero-order valence-corrected chi connectivity index (χ0v) is 12.3. The van der Waals surface area contributed by atoms with Crippen molar-refractivity contribution in [3.8, 4) is 0 Å². The molecule has 0 aromatic carbocycles. The van der Waals surface area contributed by atoms with Gasteiger partial charge in [-0.2, -0.15) is 9.97 Å². The van der Waals surface area contributed by atoms with Crippen molar-refractivity contribution in [2.75, 3.05) is 5.73 Å². The average Bonchev–Trinajstić information content (AvgIpc) is 2.83. The van der Waals surface area contributed by atoms with Crippen LogP contribution < -0.4 is 11.2 Å². The van der Waals surface area contributed by atoms with Crippen molar-refractivity contribution >= 4 is 28.7 Å². The van der Waals surface area contributed by atoms with Gasteiger partial charge in [0.05, 0.1) is 12.9 Å². The van der Waals surface area contributed by atoms with E-state index < -0.39 is 0 Å². The Labute approximate surface area is 124 Å². The molecule has 8 heteroatoms. The maximum absolute atomic E-state index is 12.0. The summed E-state index contributed by atoms with van der Waals surface area (Å²) in [5.41, 5.74) is 8.81. The molecule has 0 fully saturated rings. The summed E-state index contributed by atoms with van der Waals surface area (Å²) in [6.45, 7) is 3.98. The lowest BCUT2D eigenvalue weighted by Crippen LogP contribution is -2.15. The number of aromatic amines is 1. The Balaban J connectivity index is 2.11. The predicted octanol–water partition coefficient (Wildman–Crippen LogP) is 1.42. The summed E-state index contributed by atoms with van der Waals surface area (Å²) in [6.07, 6.45) is 3.29. The van der Waals surface area contributed by atoms with Crippen molar-refractivity contribution in [3.63, 3.8) is 0 Å². The number of imidazole rings is 1. The van der Waals surface area contributed by atoms with Crippen LogP contribution >= 0.6 is 11.6 Å². The summed E-state index contributed by atoms with van der Waals surface area (Å²) in [5, 5.41) is 0.213. The van der Waals surface area contributed by atoms with Crippen molar-refractivity contribution in [2.24, 2.45) is 0 Å². The molecule has 0 amide bonds. The lowest BCUT2D eigenvalue weighted by Gasteiger charge is -2.08. The normalized spacial score (nSPS) is 11.2. The van der Waals surface area contributed by atoms with Crippen LogP contribution in [0.15, 0.2) is 17.3 Å². The molecule has 0 unspecified atom stereocenters. The van der Waals surface area contributed by atoms with E-state index >= 15 is 0 Å². The number of nitrogens with two attached hydrogens (primary N) is 1. The average molecular weight is 305 g/mol. The van der Waals surface area contributed by atoms with Gasteiger partial charge in [-0.05, 0) is 13.8 Å². The molecule has 0 saturated carbocycles. The van der Waals surface area contributed by atoms with Crippen LogP contribution in [0.2, 0.25) is 5.15 Å². The quantitative estimate of drug-likeness (QED) is 0.697. The molecule has 3 aromatic heterocycles. The van der Waals surface area contributed by atoms with Crippen LogP contribution in [-0.4, -0.2) is 24.5 Å². The summed E-state index contributed by atoms with van der Waals surface area (Å²) in [7, 11) is 0. The van der Waals surface area contributed by atoms with E-state index in [4.69, 9.17) is 17.3 Å². The Kier molecular flexibility index (Phi) is 3.13. The third-order valence-electron chi connectivity index (χ3n) is 3.38. The van der Waals surface area contributed by atoms with E-state index in [0.29, 0.717) is 28.8 Å². The van der Waals surface area contributed by atoms with E-state index in [1.165, 1.54) is 0 Å². The minimum atomic E-state index is 0.0281. The highest BCUT2D eigenvalue weighted by Gasteiger charge is 2.12. The first-order valence-corrected chi connectivity index (χ1v) is 6.66. The van der Waals surface area contributed by atoms with Gasteiger partial charge >= 0.3 is 0 Å². The second-order valence-corrected chi connectivity index (χ2v) is 5.18. The maximum atomic E-state index is 12.0. The van der Waals surface area contributed by atoms with Gasteiger partial charge in [0.15, 0.2) is 16.2 Å². The number of anilines is 1. The molecule has 0 atom stereocenters. The predicted molar refractivity (Wildman–Crippen MR) is 80.4 cm³/mol. The lowest BCUT2D eigenvalue weighted by molar-refractivity contribution is 0.778. The van der Waals surface area contributed by atoms with Gasteiger partial charge < -0.3 is 15.3 Å². The highest BCUT2D eigenvalue weighted by Crippen LogP contribution is 2.20. The van der Waals surface area contributed by atoms with Gasteiger partial charge in [-0.1, -0.05) is 11.6 Å². The van der Waals surface area contributed by atoms with Gasteiger partial charge in [0.25, 0.3) is 0 Å². The molecule has 0 spiro atoms. The van der Waals surface area contributed by atoms with Crippen molar-refractivity contribution in [1.29, 1.82) is 0 Å². The van der Waals surface area contributed by atoms with Crippen LogP contribution in [-0.2, 0) is 6.54 Å². The summed E-state index contributed by atoms with van der Waals surface area (Å²) in [5.74, 6) is 0.0865. The van der Waals surface area contributed by atoms with E-state index in [9.17, 15) is 4.79 Å². The zero-order valence-electron chi connectivity index (χ0n) is 11.5. The van der Waals surface area contributed by atoms with Crippen LogP contribution in [0.3, 0.4) is 0 Å². The fourth-order valence-electron chi connectivity index (χ4n) is 2.18. The Morgan fingerprint density at radius 3 is 2.90 bits per heavy atom. The fraction of sp³-hybridized carbons (Fsp3) is 0.231. The number of rotatable bonds is 2. The van der Waals surface area contributed by atoms with Crippen LogP contribution in [0.5, 0.6) is 0 Å². The van der Waals surface area contributed by atoms with E-state index in [2.05, 4.69) is 19.9 Å². The van der Waals surface area contributed by atoms with Gasteiger partial charge in [-0.15, -0.1) is 0 Å². The molecule has 3 heterocycles. The molecular formula is C13H13ClN6O. The number of nitrogen functional groups attached to an aromatic ring is 1. The van der Waals surface area contributed by atoms with Crippen LogP contribution in [0, 0.1) is 13.8 Å². The second-order valence-electron chi connectivity index (χ2n) is 4.82. The molecular weight excluding hydrogens is 292 g/mol. The SMILES string of the molecule is Cc1c[nH]c(Cn2cnc3c(Cl)nc(N)nc32)c(C)c1=O. The molecule has 21 heavy (non-hydrogen) atoms. The Hall–Kier alpha value is -2.41. The molecule has 3 N–H and O–H groups in total. The fourth-order valence-corrected chi connectivity index (χ4v) is 2.40. The monoisotopic (exact) mass is 304 g/mol. The van der Waals surface area contributed by atoms with Crippen molar-refractivity contribution < 1.29 is 0 Å². The topological polar surface area (TPSA) is 102 Å². The summed E-state index contributed by atoms with van der Waals surface area (Å²) < 4.78 is 1.77. The first-order valence-electron chi connectivity index (χ1n) is 6.29. The van der Waals surface area contributed by atoms with Gasteiger partial charge in [-0.3, -0.25) is 4.79 Å². The largest absolute Gasteiger partial charge is 0.368 e. The van der Waals surface area contributed by atoms with Gasteiger partial charge in [0.2, 0.25) is 5.95 Å². The lowest BCUT2D eigenvalue weighted by atomic mass is 10.1. The number of aromatic nitrogens is 5. The number of hydrogen-bond donors (Lipinski definition) is 2. The number of nitrogens with one attached hydrogen (secondary N) is 1. The molecule has 7 nitrogen and oxygen atoms in total. The molecule has 0 saturated heterocycles. The number of pyridine rings is 1. The Bertz CT molecular complexity index is 898.